The Bertz CT molecular complexity index is 1120. The van der Waals surface area contributed by atoms with Crippen molar-refractivity contribution in [1.29, 1.82) is 0 Å². The summed E-state index contributed by atoms with van der Waals surface area (Å²) in [5.41, 5.74) is 5.55. The van der Waals surface area contributed by atoms with Crippen LogP contribution in [0.15, 0.2) is 89.7 Å². The van der Waals surface area contributed by atoms with Crippen LogP contribution in [0.25, 0.3) is 5.69 Å². The summed E-state index contributed by atoms with van der Waals surface area (Å²) in [6.07, 6.45) is 3.61. The molecule has 138 valence electrons. The molecule has 0 N–H and O–H groups in total. The minimum absolute atomic E-state index is 0.111. The lowest BCUT2D eigenvalue weighted by Crippen LogP contribution is -2.34. The Hall–Kier alpha value is -3.53. The summed E-state index contributed by atoms with van der Waals surface area (Å²) in [5, 5.41) is 0. The highest BCUT2D eigenvalue weighted by Crippen LogP contribution is 2.37. The van der Waals surface area contributed by atoms with E-state index in [0.29, 0.717) is 12.3 Å². The number of furan rings is 1. The second kappa shape index (κ2) is 6.57. The maximum atomic E-state index is 13.4. The molecular weight excluding hydrogens is 348 g/mol. The molecule has 28 heavy (non-hydrogen) atoms. The van der Waals surface area contributed by atoms with Gasteiger partial charge in [-0.15, -0.1) is 0 Å². The molecule has 1 aliphatic rings. The topological polar surface area (TPSA) is 38.4 Å². The van der Waals surface area contributed by atoms with Crippen molar-refractivity contribution in [2.24, 2.45) is 0 Å². The van der Waals surface area contributed by atoms with Gasteiger partial charge in [-0.05, 0) is 48.4 Å². The van der Waals surface area contributed by atoms with Crippen molar-refractivity contribution in [1.82, 2.24) is 9.47 Å². The monoisotopic (exact) mass is 368 g/mol. The maximum absolute atomic E-state index is 13.4. The van der Waals surface area contributed by atoms with E-state index >= 15 is 0 Å². The molecule has 0 saturated carbocycles. The van der Waals surface area contributed by atoms with E-state index in [0.717, 1.165) is 22.5 Å². The van der Waals surface area contributed by atoms with E-state index in [-0.39, 0.29) is 11.9 Å². The number of aryl methyl sites for hydroxylation is 1. The predicted molar refractivity (Wildman–Crippen MR) is 107 cm³/mol. The van der Waals surface area contributed by atoms with Gasteiger partial charge in [0.15, 0.2) is 5.76 Å². The molecule has 2 aromatic heterocycles. The summed E-state index contributed by atoms with van der Waals surface area (Å²) in [7, 11) is 0. The Morgan fingerprint density at radius 3 is 2.57 bits per heavy atom. The van der Waals surface area contributed by atoms with Gasteiger partial charge in [-0.1, -0.05) is 48.0 Å². The molecule has 0 saturated heterocycles. The molecule has 4 aromatic rings. The quantitative estimate of drug-likeness (QED) is 0.492. The highest BCUT2D eigenvalue weighted by Gasteiger charge is 2.34. The van der Waals surface area contributed by atoms with Crippen molar-refractivity contribution in [3.63, 3.8) is 0 Å². The van der Waals surface area contributed by atoms with E-state index in [2.05, 4.69) is 60.2 Å². The van der Waals surface area contributed by atoms with Crippen LogP contribution in [0, 0.1) is 6.92 Å². The number of carbonyl (C=O) groups is 1. The molecule has 4 heteroatoms. The Morgan fingerprint density at radius 1 is 0.964 bits per heavy atom. The van der Waals surface area contributed by atoms with E-state index in [4.69, 9.17) is 4.42 Å². The number of hydrogen-bond acceptors (Lipinski definition) is 2. The van der Waals surface area contributed by atoms with E-state index in [9.17, 15) is 4.79 Å². The van der Waals surface area contributed by atoms with Gasteiger partial charge in [-0.25, -0.2) is 0 Å². The zero-order chi connectivity index (χ0) is 19.1. The average molecular weight is 368 g/mol. The third kappa shape index (κ3) is 2.65. The van der Waals surface area contributed by atoms with Gasteiger partial charge in [0.05, 0.1) is 18.0 Å². The number of fused-ring (bicyclic) bond motifs is 3. The number of amides is 1. The van der Waals surface area contributed by atoms with Crippen molar-refractivity contribution in [3.8, 4) is 5.69 Å². The number of carbonyl (C=O) groups excluding carboxylic acids is 1. The highest BCUT2D eigenvalue weighted by molar-refractivity contribution is 5.92. The molecule has 0 radical (unpaired) electrons. The molecule has 1 aliphatic heterocycles. The minimum Gasteiger partial charge on any atom is -0.459 e. The van der Waals surface area contributed by atoms with Gasteiger partial charge in [0.25, 0.3) is 5.91 Å². The Morgan fingerprint density at radius 2 is 1.79 bits per heavy atom. The largest absolute Gasteiger partial charge is 0.459 e. The normalized spacial score (nSPS) is 15.6. The summed E-state index contributed by atoms with van der Waals surface area (Å²) >= 11 is 0. The second-order valence-electron chi connectivity index (χ2n) is 7.16. The standard InChI is InChI=1S/C24H20N2O2/c1-17-10-12-18(13-11-17)23-21-8-4-14-25(21)20-7-3-2-6-19(20)16-26(23)24(27)22-9-5-15-28-22/h2-15,23H,16H2,1H3/t23-/m0/s1. The summed E-state index contributed by atoms with van der Waals surface area (Å²) < 4.78 is 7.64. The van der Waals surface area contributed by atoms with Crippen LogP contribution in [0.4, 0.5) is 0 Å². The van der Waals surface area contributed by atoms with Crippen LogP contribution in [-0.2, 0) is 6.54 Å². The van der Waals surface area contributed by atoms with Crippen LogP contribution in [0.5, 0.6) is 0 Å². The number of rotatable bonds is 2. The van der Waals surface area contributed by atoms with E-state index in [1.165, 1.54) is 5.56 Å². The molecule has 0 bridgehead atoms. The van der Waals surface area contributed by atoms with E-state index in [1.54, 1.807) is 18.4 Å². The van der Waals surface area contributed by atoms with Gasteiger partial charge in [0.1, 0.15) is 0 Å². The molecule has 1 atom stereocenters. The molecule has 1 amide bonds. The Balaban J connectivity index is 1.73. The lowest BCUT2D eigenvalue weighted by atomic mass is 10.00. The zero-order valence-electron chi connectivity index (χ0n) is 15.6. The SMILES string of the molecule is Cc1ccc([C@H]2c3cccn3-c3ccccc3CN2C(=O)c2ccco2)cc1. The first-order valence-electron chi connectivity index (χ1n) is 9.39. The smallest absolute Gasteiger partial charge is 0.290 e. The van der Waals surface area contributed by atoms with Gasteiger partial charge < -0.3 is 13.9 Å². The number of hydrogen-bond donors (Lipinski definition) is 0. The van der Waals surface area contributed by atoms with Crippen molar-refractivity contribution in [2.75, 3.05) is 0 Å². The number of para-hydroxylation sites is 1. The van der Waals surface area contributed by atoms with Gasteiger partial charge in [0.2, 0.25) is 0 Å². The highest BCUT2D eigenvalue weighted by atomic mass is 16.3. The number of nitrogens with zero attached hydrogens (tertiary/aromatic N) is 2. The van der Waals surface area contributed by atoms with Crippen LogP contribution in [0.1, 0.15) is 39.0 Å². The first kappa shape index (κ1) is 16.6. The molecule has 5 rings (SSSR count). The van der Waals surface area contributed by atoms with Crippen molar-refractivity contribution >= 4 is 5.91 Å². The number of benzene rings is 2. The lowest BCUT2D eigenvalue weighted by molar-refractivity contribution is 0.0658. The molecule has 3 heterocycles. The summed E-state index contributed by atoms with van der Waals surface area (Å²) in [5.74, 6) is 0.245. The molecular formula is C24H20N2O2. The summed E-state index contributed by atoms with van der Waals surface area (Å²) in [4.78, 5) is 15.3. The van der Waals surface area contributed by atoms with Gasteiger partial charge in [0, 0.05) is 18.4 Å². The Kier molecular flexibility index (Phi) is 3.90. The first-order valence-corrected chi connectivity index (χ1v) is 9.39. The van der Waals surface area contributed by atoms with Crippen LogP contribution in [0.3, 0.4) is 0 Å². The van der Waals surface area contributed by atoms with Crippen molar-refractivity contribution in [3.05, 3.63) is 113 Å². The third-order valence-corrected chi connectivity index (χ3v) is 5.35. The summed E-state index contributed by atoms with van der Waals surface area (Å²) in [6, 6.07) is 24.0. The Labute approximate surface area is 163 Å². The molecule has 4 nitrogen and oxygen atoms in total. The van der Waals surface area contributed by atoms with Crippen LogP contribution in [0.2, 0.25) is 0 Å². The van der Waals surface area contributed by atoms with Gasteiger partial charge in [-0.3, -0.25) is 4.79 Å². The fourth-order valence-corrected chi connectivity index (χ4v) is 3.98. The lowest BCUT2D eigenvalue weighted by Gasteiger charge is -2.30. The fourth-order valence-electron chi connectivity index (χ4n) is 3.98. The van der Waals surface area contributed by atoms with Crippen LogP contribution in [-0.4, -0.2) is 15.4 Å². The fraction of sp³-hybridized carbons (Fsp3) is 0.125. The molecule has 0 aliphatic carbocycles. The van der Waals surface area contributed by atoms with Crippen molar-refractivity contribution in [2.45, 2.75) is 19.5 Å². The minimum atomic E-state index is -0.208. The average Bonchev–Trinajstić information content (AvgIpc) is 3.39. The van der Waals surface area contributed by atoms with Gasteiger partial charge >= 0.3 is 0 Å². The number of aromatic nitrogens is 1. The third-order valence-electron chi connectivity index (χ3n) is 5.35. The molecule has 0 fully saturated rings. The maximum Gasteiger partial charge on any atom is 0.290 e. The van der Waals surface area contributed by atoms with Gasteiger partial charge in [-0.2, -0.15) is 0 Å². The molecule has 0 unspecified atom stereocenters. The first-order chi connectivity index (χ1) is 13.7. The second-order valence-corrected chi connectivity index (χ2v) is 7.16. The molecule has 0 spiro atoms. The predicted octanol–water partition coefficient (Wildman–Crippen LogP) is 5.12. The zero-order valence-corrected chi connectivity index (χ0v) is 15.6. The van der Waals surface area contributed by atoms with Crippen molar-refractivity contribution < 1.29 is 9.21 Å². The van der Waals surface area contributed by atoms with E-state index in [1.807, 2.05) is 23.1 Å². The van der Waals surface area contributed by atoms with Crippen LogP contribution >= 0.6 is 0 Å². The van der Waals surface area contributed by atoms with Crippen LogP contribution < -0.4 is 0 Å². The molecule has 2 aromatic carbocycles. The van der Waals surface area contributed by atoms with E-state index < -0.39 is 0 Å². The summed E-state index contributed by atoms with van der Waals surface area (Å²) in [6.45, 7) is 2.58.